The van der Waals surface area contributed by atoms with Gasteiger partial charge in [-0.15, -0.1) is 0 Å². The number of amides is 1. The van der Waals surface area contributed by atoms with Crippen molar-refractivity contribution in [3.8, 4) is 0 Å². The summed E-state index contributed by atoms with van der Waals surface area (Å²) in [6, 6.07) is 10.9. The van der Waals surface area contributed by atoms with E-state index in [2.05, 4.69) is 0 Å². The monoisotopic (exact) mass is 369 g/mol. The topological polar surface area (TPSA) is 63.7 Å². The van der Waals surface area contributed by atoms with E-state index in [0.29, 0.717) is 0 Å². The van der Waals surface area contributed by atoms with Gasteiger partial charge in [0.25, 0.3) is 0 Å². The number of benzene rings is 2. The van der Waals surface area contributed by atoms with E-state index in [1.165, 1.54) is 18.2 Å². The zero-order chi connectivity index (χ0) is 19.6. The molecule has 0 unspecified atom stereocenters. The van der Waals surface area contributed by atoms with Crippen LogP contribution in [0.25, 0.3) is 0 Å². The summed E-state index contributed by atoms with van der Waals surface area (Å²) in [6.45, 7) is 3.64. The highest BCUT2D eigenvalue weighted by molar-refractivity contribution is 6.01. The van der Waals surface area contributed by atoms with Gasteiger partial charge < -0.3 is 9.64 Å². The molecule has 0 N–H and O–H groups in total. The second-order valence-corrected chi connectivity index (χ2v) is 6.67. The Labute approximate surface area is 156 Å². The van der Waals surface area contributed by atoms with Crippen LogP contribution in [0.1, 0.15) is 27.9 Å². The largest absolute Gasteiger partial charge is 0.457 e. The lowest BCUT2D eigenvalue weighted by Crippen LogP contribution is -2.27. The number of esters is 1. The van der Waals surface area contributed by atoms with Gasteiger partial charge in [-0.2, -0.15) is 0 Å². The van der Waals surface area contributed by atoms with Crippen LogP contribution >= 0.6 is 0 Å². The number of carbonyl (C=O) groups is 3. The summed E-state index contributed by atoms with van der Waals surface area (Å²) in [5.74, 6) is -2.39. The summed E-state index contributed by atoms with van der Waals surface area (Å²) < 4.78 is 18.3. The molecule has 0 aliphatic carbocycles. The van der Waals surface area contributed by atoms with Crippen LogP contribution in [-0.4, -0.2) is 30.8 Å². The van der Waals surface area contributed by atoms with Crippen LogP contribution in [0.4, 0.5) is 10.1 Å². The quantitative estimate of drug-likeness (QED) is 0.600. The fraction of sp³-hybridized carbons (Fsp3) is 0.286. The number of hydrogen-bond acceptors (Lipinski definition) is 4. The van der Waals surface area contributed by atoms with Crippen molar-refractivity contribution in [1.29, 1.82) is 0 Å². The Morgan fingerprint density at radius 1 is 1.19 bits per heavy atom. The molecule has 2 aromatic rings. The normalized spacial score (nSPS) is 16.5. The van der Waals surface area contributed by atoms with Crippen LogP contribution in [0.2, 0.25) is 0 Å². The molecule has 5 nitrogen and oxygen atoms in total. The van der Waals surface area contributed by atoms with E-state index in [4.69, 9.17) is 4.74 Å². The highest BCUT2D eigenvalue weighted by atomic mass is 19.1. The Balaban J connectivity index is 1.62. The summed E-state index contributed by atoms with van der Waals surface area (Å²) in [7, 11) is 0. The van der Waals surface area contributed by atoms with Gasteiger partial charge in [0.2, 0.25) is 5.91 Å². The fourth-order valence-corrected chi connectivity index (χ4v) is 3.13. The summed E-state index contributed by atoms with van der Waals surface area (Å²) >= 11 is 0. The Morgan fingerprint density at radius 2 is 1.93 bits per heavy atom. The molecular formula is C21H20FNO4. The van der Waals surface area contributed by atoms with Crippen LogP contribution in [0, 0.1) is 25.6 Å². The van der Waals surface area contributed by atoms with Gasteiger partial charge in [0.15, 0.2) is 12.4 Å². The van der Waals surface area contributed by atoms with E-state index in [-0.39, 0.29) is 24.4 Å². The molecule has 1 aliphatic rings. The number of carbonyl (C=O) groups excluding carboxylic acids is 3. The number of hydrogen-bond donors (Lipinski definition) is 0. The van der Waals surface area contributed by atoms with Crippen molar-refractivity contribution in [2.24, 2.45) is 5.92 Å². The van der Waals surface area contributed by atoms with Gasteiger partial charge in [0.1, 0.15) is 5.82 Å². The maximum Gasteiger partial charge on any atom is 0.311 e. The minimum absolute atomic E-state index is 0.0420. The van der Waals surface area contributed by atoms with Crippen molar-refractivity contribution in [2.45, 2.75) is 20.3 Å². The van der Waals surface area contributed by atoms with Crippen LogP contribution in [0.15, 0.2) is 42.5 Å². The molecule has 1 amide bonds. The predicted molar refractivity (Wildman–Crippen MR) is 98.1 cm³/mol. The summed E-state index contributed by atoms with van der Waals surface area (Å²) in [5, 5.41) is 0. The highest BCUT2D eigenvalue weighted by Gasteiger charge is 2.37. The van der Waals surface area contributed by atoms with Crippen molar-refractivity contribution in [3.05, 3.63) is 65.0 Å². The molecule has 140 valence electrons. The van der Waals surface area contributed by atoms with Crippen molar-refractivity contribution in [3.63, 3.8) is 0 Å². The average molecular weight is 369 g/mol. The molecule has 1 aliphatic heterocycles. The Hall–Kier alpha value is -3.02. The lowest BCUT2D eigenvalue weighted by Gasteiger charge is -2.20. The molecule has 0 saturated carbocycles. The van der Waals surface area contributed by atoms with E-state index < -0.39 is 30.1 Å². The molecule has 27 heavy (non-hydrogen) atoms. The van der Waals surface area contributed by atoms with E-state index >= 15 is 0 Å². The van der Waals surface area contributed by atoms with Gasteiger partial charge in [-0.25, -0.2) is 4.39 Å². The number of ketones is 1. The summed E-state index contributed by atoms with van der Waals surface area (Å²) in [6.07, 6.45) is 0.0420. The van der Waals surface area contributed by atoms with Gasteiger partial charge in [0.05, 0.1) is 5.92 Å². The molecule has 6 heteroatoms. The van der Waals surface area contributed by atoms with E-state index in [0.717, 1.165) is 22.9 Å². The van der Waals surface area contributed by atoms with Crippen molar-refractivity contribution in [2.75, 3.05) is 18.1 Å². The smallest absolute Gasteiger partial charge is 0.311 e. The third kappa shape index (κ3) is 4.05. The Bertz CT molecular complexity index is 909. The second kappa shape index (κ2) is 7.70. The van der Waals surface area contributed by atoms with Crippen molar-refractivity contribution >= 4 is 23.3 Å². The zero-order valence-electron chi connectivity index (χ0n) is 15.2. The van der Waals surface area contributed by atoms with Gasteiger partial charge in [-0.3, -0.25) is 14.4 Å². The van der Waals surface area contributed by atoms with Crippen molar-refractivity contribution < 1.29 is 23.5 Å². The minimum atomic E-state index is -0.627. The molecule has 1 atom stereocenters. The highest BCUT2D eigenvalue weighted by Crippen LogP contribution is 2.29. The number of ether oxygens (including phenoxy) is 1. The van der Waals surface area contributed by atoms with Crippen LogP contribution in [0.5, 0.6) is 0 Å². The van der Waals surface area contributed by atoms with E-state index in [1.54, 1.807) is 4.90 Å². The second-order valence-electron chi connectivity index (χ2n) is 6.67. The third-order valence-electron chi connectivity index (χ3n) is 4.82. The molecule has 2 aromatic carbocycles. The van der Waals surface area contributed by atoms with Crippen molar-refractivity contribution in [1.82, 2.24) is 0 Å². The lowest BCUT2D eigenvalue weighted by molar-refractivity contribution is -0.147. The summed E-state index contributed by atoms with van der Waals surface area (Å²) in [4.78, 5) is 38.3. The molecule has 0 aromatic heterocycles. The Morgan fingerprint density at radius 3 is 2.67 bits per heavy atom. The first-order valence-electron chi connectivity index (χ1n) is 8.69. The first-order valence-corrected chi connectivity index (χ1v) is 8.69. The molecule has 3 rings (SSSR count). The van der Waals surface area contributed by atoms with Gasteiger partial charge in [-0.05, 0) is 43.2 Å². The third-order valence-corrected chi connectivity index (χ3v) is 4.82. The SMILES string of the molecule is Cc1cccc(N2C[C@H](C(=O)OCC(=O)c3cccc(F)c3)CC2=O)c1C. The molecular weight excluding hydrogens is 349 g/mol. The molecule has 0 radical (unpaired) electrons. The first-order chi connectivity index (χ1) is 12.9. The maximum atomic E-state index is 13.2. The van der Waals surface area contributed by atoms with Gasteiger partial charge in [0, 0.05) is 24.2 Å². The molecule has 1 saturated heterocycles. The number of aryl methyl sites for hydroxylation is 1. The fourth-order valence-electron chi connectivity index (χ4n) is 3.13. The number of Topliss-reactive ketones (excluding diaryl/α,β-unsaturated/α-hetero) is 1. The maximum absolute atomic E-state index is 13.2. The standard InChI is InChI=1S/C21H20FNO4/c1-13-5-3-8-18(14(13)2)23-11-16(10-20(23)25)21(26)27-12-19(24)15-6-4-7-17(22)9-15/h3-9,16H,10-12H2,1-2H3/t16-/m1/s1. The van der Waals surface area contributed by atoms with E-state index in [9.17, 15) is 18.8 Å². The number of halogens is 1. The average Bonchev–Trinajstić information content (AvgIpc) is 3.03. The summed E-state index contributed by atoms with van der Waals surface area (Å²) in [5.41, 5.74) is 2.97. The number of nitrogens with zero attached hydrogens (tertiary/aromatic N) is 1. The lowest BCUT2D eigenvalue weighted by atomic mass is 10.1. The van der Waals surface area contributed by atoms with Crippen LogP contribution in [0.3, 0.4) is 0 Å². The predicted octanol–water partition coefficient (Wildman–Crippen LogP) is 3.22. The first kappa shape index (κ1) is 18.8. The molecule has 0 spiro atoms. The van der Waals surface area contributed by atoms with Crippen LogP contribution in [-0.2, 0) is 14.3 Å². The van der Waals surface area contributed by atoms with Gasteiger partial charge >= 0.3 is 5.97 Å². The zero-order valence-corrected chi connectivity index (χ0v) is 15.2. The number of rotatable bonds is 5. The Kier molecular flexibility index (Phi) is 5.35. The number of anilines is 1. The molecule has 1 heterocycles. The molecule has 0 bridgehead atoms. The van der Waals surface area contributed by atoms with E-state index in [1.807, 2.05) is 32.0 Å². The van der Waals surface area contributed by atoms with Crippen LogP contribution < -0.4 is 4.90 Å². The molecule has 1 fully saturated rings. The minimum Gasteiger partial charge on any atom is -0.457 e. The van der Waals surface area contributed by atoms with Gasteiger partial charge in [-0.1, -0.05) is 24.3 Å².